The molecule has 3 N–H and O–H groups in total. The van der Waals surface area contributed by atoms with E-state index in [-0.39, 0.29) is 0 Å². The monoisotopic (exact) mass is 212 g/mol. The molecule has 0 aliphatic carbocycles. The lowest BCUT2D eigenvalue weighted by atomic mass is 10.1. The Bertz CT molecular complexity index is 648. The summed E-state index contributed by atoms with van der Waals surface area (Å²) in [5.74, 6) is 0.517. The lowest BCUT2D eigenvalue weighted by Crippen LogP contribution is -1.84. The average molecular weight is 212 g/mol. The van der Waals surface area contributed by atoms with Gasteiger partial charge in [0.15, 0.2) is 0 Å². The number of aromatic nitrogens is 3. The van der Waals surface area contributed by atoms with Crippen molar-refractivity contribution in [2.24, 2.45) is 7.05 Å². The highest BCUT2D eigenvalue weighted by molar-refractivity contribution is 5.85. The molecular weight excluding hydrogens is 200 g/mol. The number of H-pyrrole nitrogens is 1. The van der Waals surface area contributed by atoms with E-state index >= 15 is 0 Å². The van der Waals surface area contributed by atoms with Gasteiger partial charge in [-0.25, -0.2) is 0 Å². The molecule has 16 heavy (non-hydrogen) atoms. The second kappa shape index (κ2) is 3.13. The quantitative estimate of drug-likeness (QED) is 0.649. The normalized spacial score (nSPS) is 11.1. The van der Waals surface area contributed by atoms with E-state index in [2.05, 4.69) is 45.2 Å². The Hall–Kier alpha value is -2.23. The van der Waals surface area contributed by atoms with Crippen molar-refractivity contribution in [1.29, 1.82) is 0 Å². The number of anilines is 1. The van der Waals surface area contributed by atoms with Gasteiger partial charge in [0.1, 0.15) is 5.82 Å². The summed E-state index contributed by atoms with van der Waals surface area (Å²) in [6.45, 7) is 0. The standard InChI is InChI=1S/C12H12N4/c1-16-5-4-9-6-8(2-3-11(9)16)10-7-12(13)15-14-10/h2-7H,1H3,(H3,13,14,15). The molecule has 0 amide bonds. The second-order valence-corrected chi connectivity index (χ2v) is 3.91. The molecule has 2 aromatic heterocycles. The number of benzene rings is 1. The van der Waals surface area contributed by atoms with Crippen LogP contribution in [0.3, 0.4) is 0 Å². The molecule has 0 saturated heterocycles. The third-order valence-electron chi connectivity index (χ3n) is 2.79. The lowest BCUT2D eigenvalue weighted by molar-refractivity contribution is 0.969. The second-order valence-electron chi connectivity index (χ2n) is 3.91. The van der Waals surface area contributed by atoms with Crippen LogP contribution in [-0.4, -0.2) is 14.8 Å². The minimum absolute atomic E-state index is 0.517. The van der Waals surface area contributed by atoms with Crippen molar-refractivity contribution in [2.45, 2.75) is 0 Å². The zero-order chi connectivity index (χ0) is 11.1. The molecule has 0 saturated carbocycles. The molecule has 3 rings (SSSR count). The molecule has 0 aliphatic rings. The van der Waals surface area contributed by atoms with Crippen LogP contribution in [0.5, 0.6) is 0 Å². The van der Waals surface area contributed by atoms with Crippen LogP contribution >= 0.6 is 0 Å². The molecule has 4 nitrogen and oxygen atoms in total. The van der Waals surface area contributed by atoms with Crippen molar-refractivity contribution in [1.82, 2.24) is 14.8 Å². The van der Waals surface area contributed by atoms with Gasteiger partial charge in [0.05, 0.1) is 5.69 Å². The summed E-state index contributed by atoms with van der Waals surface area (Å²) in [5, 5.41) is 8.05. The number of nitrogen functional groups attached to an aromatic ring is 1. The van der Waals surface area contributed by atoms with E-state index in [9.17, 15) is 0 Å². The number of aromatic amines is 1. The summed E-state index contributed by atoms with van der Waals surface area (Å²) < 4.78 is 2.10. The van der Waals surface area contributed by atoms with Crippen LogP contribution in [0.4, 0.5) is 5.82 Å². The first kappa shape index (κ1) is 9.03. The van der Waals surface area contributed by atoms with Gasteiger partial charge >= 0.3 is 0 Å². The highest BCUT2D eigenvalue weighted by Gasteiger charge is 2.04. The number of rotatable bonds is 1. The maximum absolute atomic E-state index is 5.59. The van der Waals surface area contributed by atoms with E-state index in [1.165, 1.54) is 10.9 Å². The van der Waals surface area contributed by atoms with Gasteiger partial charge in [-0.15, -0.1) is 0 Å². The molecule has 2 heterocycles. The van der Waals surface area contributed by atoms with Gasteiger partial charge < -0.3 is 10.3 Å². The number of nitrogens with one attached hydrogen (secondary N) is 1. The van der Waals surface area contributed by atoms with Crippen molar-refractivity contribution in [3.05, 3.63) is 36.5 Å². The van der Waals surface area contributed by atoms with Crippen LogP contribution < -0.4 is 5.73 Å². The van der Waals surface area contributed by atoms with Crippen LogP contribution in [0.25, 0.3) is 22.2 Å². The molecule has 0 radical (unpaired) electrons. The van der Waals surface area contributed by atoms with Gasteiger partial charge in [-0.05, 0) is 18.2 Å². The van der Waals surface area contributed by atoms with Gasteiger partial charge in [-0.3, -0.25) is 5.10 Å². The maximum Gasteiger partial charge on any atom is 0.145 e. The summed E-state index contributed by atoms with van der Waals surface area (Å²) >= 11 is 0. The SMILES string of the molecule is Cn1ccc2cc(-c3cc(N)n[nH]3)ccc21. The number of nitrogens with zero attached hydrogens (tertiary/aromatic N) is 2. The van der Waals surface area contributed by atoms with E-state index in [1.54, 1.807) is 0 Å². The van der Waals surface area contributed by atoms with Gasteiger partial charge in [0.25, 0.3) is 0 Å². The van der Waals surface area contributed by atoms with E-state index in [0.717, 1.165) is 11.3 Å². The number of aryl methyl sites for hydroxylation is 1. The number of hydrogen-bond acceptors (Lipinski definition) is 2. The van der Waals surface area contributed by atoms with E-state index in [4.69, 9.17) is 5.73 Å². The molecule has 4 heteroatoms. The van der Waals surface area contributed by atoms with Crippen LogP contribution in [0.1, 0.15) is 0 Å². The van der Waals surface area contributed by atoms with Crippen LogP contribution in [-0.2, 0) is 7.05 Å². The molecule has 0 bridgehead atoms. The molecule has 80 valence electrons. The Morgan fingerprint density at radius 1 is 1.25 bits per heavy atom. The summed E-state index contributed by atoms with van der Waals surface area (Å²) in [5.41, 5.74) is 8.85. The highest BCUT2D eigenvalue weighted by atomic mass is 15.2. The van der Waals surface area contributed by atoms with E-state index < -0.39 is 0 Å². The zero-order valence-electron chi connectivity index (χ0n) is 8.94. The first-order valence-corrected chi connectivity index (χ1v) is 5.10. The van der Waals surface area contributed by atoms with E-state index in [1.807, 2.05) is 13.1 Å². The van der Waals surface area contributed by atoms with Crippen LogP contribution in [0.2, 0.25) is 0 Å². The molecule has 0 unspecified atom stereocenters. The first-order valence-electron chi connectivity index (χ1n) is 5.10. The molecule has 1 aromatic carbocycles. The first-order chi connectivity index (χ1) is 7.74. The molecule has 3 aromatic rings. The van der Waals surface area contributed by atoms with Gasteiger partial charge in [0.2, 0.25) is 0 Å². The van der Waals surface area contributed by atoms with Crippen molar-refractivity contribution < 1.29 is 0 Å². The molecule has 0 atom stereocenters. The third-order valence-corrected chi connectivity index (χ3v) is 2.79. The lowest BCUT2D eigenvalue weighted by Gasteiger charge is -1.99. The number of nitrogens with two attached hydrogens (primary N) is 1. The molecule has 0 spiro atoms. The largest absolute Gasteiger partial charge is 0.382 e. The van der Waals surface area contributed by atoms with Crippen molar-refractivity contribution >= 4 is 16.7 Å². The Morgan fingerprint density at radius 3 is 2.88 bits per heavy atom. The summed E-state index contributed by atoms with van der Waals surface area (Å²) in [4.78, 5) is 0. The molecular formula is C12H12N4. The highest BCUT2D eigenvalue weighted by Crippen LogP contribution is 2.24. The molecule has 0 aliphatic heterocycles. The fourth-order valence-corrected chi connectivity index (χ4v) is 1.93. The summed E-state index contributed by atoms with van der Waals surface area (Å²) in [6.07, 6.45) is 2.05. The van der Waals surface area contributed by atoms with Crippen molar-refractivity contribution in [3.8, 4) is 11.3 Å². The van der Waals surface area contributed by atoms with Crippen LogP contribution in [0, 0.1) is 0 Å². The van der Waals surface area contributed by atoms with Crippen LogP contribution in [0.15, 0.2) is 36.5 Å². The minimum atomic E-state index is 0.517. The number of hydrogen-bond donors (Lipinski definition) is 2. The average Bonchev–Trinajstić information content (AvgIpc) is 2.86. The topological polar surface area (TPSA) is 59.6 Å². The Kier molecular flexibility index (Phi) is 1.77. The number of fused-ring (bicyclic) bond motifs is 1. The zero-order valence-corrected chi connectivity index (χ0v) is 8.94. The van der Waals surface area contributed by atoms with Gasteiger partial charge in [-0.1, -0.05) is 6.07 Å². The van der Waals surface area contributed by atoms with E-state index in [0.29, 0.717) is 5.82 Å². The third kappa shape index (κ3) is 1.27. The molecule has 0 fully saturated rings. The predicted octanol–water partition coefficient (Wildman–Crippen LogP) is 2.15. The smallest absolute Gasteiger partial charge is 0.145 e. The fourth-order valence-electron chi connectivity index (χ4n) is 1.93. The van der Waals surface area contributed by atoms with Gasteiger partial charge in [-0.2, -0.15) is 5.10 Å². The minimum Gasteiger partial charge on any atom is -0.382 e. The predicted molar refractivity (Wildman–Crippen MR) is 64.9 cm³/mol. The Balaban J connectivity index is 2.18. The van der Waals surface area contributed by atoms with Crippen molar-refractivity contribution in [3.63, 3.8) is 0 Å². The summed E-state index contributed by atoms with van der Waals surface area (Å²) in [7, 11) is 2.04. The Morgan fingerprint density at radius 2 is 2.12 bits per heavy atom. The van der Waals surface area contributed by atoms with Gasteiger partial charge in [0, 0.05) is 35.8 Å². The fraction of sp³-hybridized carbons (Fsp3) is 0.0833. The Labute approximate surface area is 92.7 Å². The van der Waals surface area contributed by atoms with Crippen molar-refractivity contribution in [2.75, 3.05) is 5.73 Å². The summed E-state index contributed by atoms with van der Waals surface area (Å²) in [6, 6.07) is 10.2. The maximum atomic E-state index is 5.59.